The lowest BCUT2D eigenvalue weighted by atomic mass is 10.3. The van der Waals surface area contributed by atoms with Crippen molar-refractivity contribution in [1.82, 2.24) is 15.6 Å². The average Bonchev–Trinajstić information content (AvgIpc) is 2.85. The molecule has 5 nitrogen and oxygen atoms in total. The van der Waals surface area contributed by atoms with Crippen molar-refractivity contribution >= 4 is 41.3 Å². The van der Waals surface area contributed by atoms with Crippen LogP contribution in [0.3, 0.4) is 0 Å². The molecule has 0 amide bonds. The minimum absolute atomic E-state index is 0. The Morgan fingerprint density at radius 1 is 1.33 bits per heavy atom. The second-order valence-electron chi connectivity index (χ2n) is 4.39. The summed E-state index contributed by atoms with van der Waals surface area (Å²) in [6.07, 6.45) is 2.16. The van der Waals surface area contributed by atoms with E-state index in [4.69, 9.17) is 4.74 Å². The number of nitrogens with zero attached hydrogens (tertiary/aromatic N) is 2. The molecule has 2 N–H and O–H groups in total. The number of hydrogen-bond acceptors (Lipinski definition) is 4. The molecule has 0 radical (unpaired) electrons. The quantitative estimate of drug-likeness (QED) is 0.276. The predicted octanol–water partition coefficient (Wildman–Crippen LogP) is 2.94. The summed E-state index contributed by atoms with van der Waals surface area (Å²) in [7, 11) is 0. The molecule has 0 aliphatic carbocycles. The number of rotatable bonds is 9. The van der Waals surface area contributed by atoms with Crippen LogP contribution in [0.25, 0.3) is 0 Å². The van der Waals surface area contributed by atoms with Crippen molar-refractivity contribution in [3.05, 3.63) is 16.1 Å². The van der Waals surface area contributed by atoms with E-state index in [2.05, 4.69) is 27.5 Å². The molecule has 0 saturated carbocycles. The Labute approximate surface area is 149 Å². The lowest BCUT2D eigenvalue weighted by Gasteiger charge is -2.11. The topological polar surface area (TPSA) is 58.5 Å². The van der Waals surface area contributed by atoms with Crippen molar-refractivity contribution in [1.29, 1.82) is 0 Å². The molecule has 1 aromatic rings. The van der Waals surface area contributed by atoms with Crippen LogP contribution in [0.15, 0.2) is 10.5 Å². The van der Waals surface area contributed by atoms with E-state index in [1.807, 2.05) is 19.4 Å². The zero-order chi connectivity index (χ0) is 14.6. The Kier molecular flexibility index (Phi) is 13.0. The SMILES string of the molecule is CCNC(=NCc1scnc1C)NCCCCOCC.I. The highest BCUT2D eigenvalue weighted by Gasteiger charge is 2.01. The molecule has 0 unspecified atom stereocenters. The lowest BCUT2D eigenvalue weighted by molar-refractivity contribution is 0.143. The second kappa shape index (κ2) is 13.3. The summed E-state index contributed by atoms with van der Waals surface area (Å²) in [6.45, 7) is 10.2. The van der Waals surface area contributed by atoms with E-state index < -0.39 is 0 Å². The lowest BCUT2D eigenvalue weighted by Crippen LogP contribution is -2.37. The first kappa shape index (κ1) is 20.6. The third kappa shape index (κ3) is 9.26. The number of guanidine groups is 1. The van der Waals surface area contributed by atoms with Crippen LogP contribution < -0.4 is 10.6 Å². The van der Waals surface area contributed by atoms with Gasteiger partial charge in [-0.3, -0.25) is 0 Å². The molecule has 122 valence electrons. The van der Waals surface area contributed by atoms with Crippen LogP contribution in [-0.2, 0) is 11.3 Å². The van der Waals surface area contributed by atoms with Gasteiger partial charge in [0, 0.05) is 31.2 Å². The Morgan fingerprint density at radius 2 is 2.14 bits per heavy atom. The van der Waals surface area contributed by atoms with Gasteiger partial charge in [0.1, 0.15) is 0 Å². The molecule has 1 rings (SSSR count). The molecule has 21 heavy (non-hydrogen) atoms. The second-order valence-corrected chi connectivity index (χ2v) is 5.33. The van der Waals surface area contributed by atoms with Crippen molar-refractivity contribution in [2.24, 2.45) is 4.99 Å². The molecule has 1 heterocycles. The Morgan fingerprint density at radius 3 is 2.76 bits per heavy atom. The molecule has 1 aromatic heterocycles. The summed E-state index contributed by atoms with van der Waals surface area (Å²) >= 11 is 1.66. The Bertz CT molecular complexity index is 398. The Balaban J connectivity index is 0.00000400. The van der Waals surface area contributed by atoms with Crippen LogP contribution in [-0.4, -0.2) is 37.2 Å². The molecular formula is C14H27IN4OS. The number of aliphatic imine (C=N–C) groups is 1. The first-order chi connectivity index (χ1) is 9.77. The maximum absolute atomic E-state index is 5.32. The fraction of sp³-hybridized carbons (Fsp3) is 0.714. The molecule has 0 aliphatic rings. The smallest absolute Gasteiger partial charge is 0.191 e. The molecule has 0 bridgehead atoms. The number of unbranched alkanes of at least 4 members (excludes halogenated alkanes) is 1. The van der Waals surface area contributed by atoms with Crippen LogP contribution >= 0.6 is 35.3 Å². The minimum Gasteiger partial charge on any atom is -0.382 e. The number of aromatic nitrogens is 1. The summed E-state index contributed by atoms with van der Waals surface area (Å²) in [6, 6.07) is 0. The maximum Gasteiger partial charge on any atom is 0.191 e. The van der Waals surface area contributed by atoms with Crippen molar-refractivity contribution in [2.75, 3.05) is 26.3 Å². The van der Waals surface area contributed by atoms with E-state index in [0.29, 0.717) is 6.54 Å². The summed E-state index contributed by atoms with van der Waals surface area (Å²) in [5, 5.41) is 6.61. The van der Waals surface area contributed by atoms with Gasteiger partial charge in [0.25, 0.3) is 0 Å². The third-order valence-electron chi connectivity index (χ3n) is 2.78. The fourth-order valence-corrected chi connectivity index (χ4v) is 2.35. The summed E-state index contributed by atoms with van der Waals surface area (Å²) in [4.78, 5) is 10.0. The van der Waals surface area contributed by atoms with Gasteiger partial charge < -0.3 is 15.4 Å². The zero-order valence-electron chi connectivity index (χ0n) is 13.1. The highest BCUT2D eigenvalue weighted by atomic mass is 127. The fourth-order valence-electron chi connectivity index (χ4n) is 1.65. The van der Waals surface area contributed by atoms with Gasteiger partial charge >= 0.3 is 0 Å². The van der Waals surface area contributed by atoms with E-state index in [0.717, 1.165) is 50.8 Å². The standard InChI is InChI=1S/C14H26N4OS.HI/c1-4-15-14(16-8-6-7-9-19-5-2)17-10-13-12(3)18-11-20-13;/h11H,4-10H2,1-3H3,(H2,15,16,17);1H. The zero-order valence-corrected chi connectivity index (χ0v) is 16.3. The van der Waals surface area contributed by atoms with Gasteiger partial charge in [-0.2, -0.15) is 0 Å². The van der Waals surface area contributed by atoms with E-state index in [1.54, 1.807) is 11.3 Å². The molecule has 0 saturated heterocycles. The van der Waals surface area contributed by atoms with Gasteiger partial charge in [0.2, 0.25) is 0 Å². The van der Waals surface area contributed by atoms with Gasteiger partial charge in [-0.25, -0.2) is 9.98 Å². The summed E-state index contributed by atoms with van der Waals surface area (Å²) in [5.41, 5.74) is 2.94. The van der Waals surface area contributed by atoms with Crippen LogP contribution in [0, 0.1) is 6.92 Å². The van der Waals surface area contributed by atoms with E-state index >= 15 is 0 Å². The number of hydrogen-bond donors (Lipinski definition) is 2. The molecular weight excluding hydrogens is 399 g/mol. The normalized spacial score (nSPS) is 11.1. The highest BCUT2D eigenvalue weighted by Crippen LogP contribution is 2.12. The average molecular weight is 426 g/mol. The van der Waals surface area contributed by atoms with Crippen molar-refractivity contribution in [3.8, 4) is 0 Å². The number of halogens is 1. The monoisotopic (exact) mass is 426 g/mol. The van der Waals surface area contributed by atoms with Gasteiger partial charge in [-0.05, 0) is 33.6 Å². The molecule has 0 fully saturated rings. The van der Waals surface area contributed by atoms with Crippen LogP contribution in [0.5, 0.6) is 0 Å². The van der Waals surface area contributed by atoms with Gasteiger partial charge in [0.15, 0.2) is 5.96 Å². The minimum atomic E-state index is 0. The van der Waals surface area contributed by atoms with Crippen molar-refractivity contribution in [3.63, 3.8) is 0 Å². The summed E-state index contributed by atoms with van der Waals surface area (Å²) in [5.74, 6) is 0.872. The van der Waals surface area contributed by atoms with E-state index in [9.17, 15) is 0 Å². The van der Waals surface area contributed by atoms with Gasteiger partial charge in [-0.15, -0.1) is 35.3 Å². The van der Waals surface area contributed by atoms with Gasteiger partial charge in [-0.1, -0.05) is 0 Å². The van der Waals surface area contributed by atoms with Crippen molar-refractivity contribution in [2.45, 2.75) is 40.2 Å². The first-order valence-electron chi connectivity index (χ1n) is 7.26. The predicted molar refractivity (Wildman–Crippen MR) is 101 cm³/mol. The maximum atomic E-state index is 5.32. The van der Waals surface area contributed by atoms with Crippen LogP contribution in [0.1, 0.15) is 37.3 Å². The van der Waals surface area contributed by atoms with Crippen molar-refractivity contribution < 1.29 is 4.74 Å². The van der Waals surface area contributed by atoms with E-state index in [1.165, 1.54) is 4.88 Å². The summed E-state index contributed by atoms with van der Waals surface area (Å²) < 4.78 is 5.32. The van der Waals surface area contributed by atoms with Gasteiger partial charge in [0.05, 0.1) is 17.7 Å². The molecule has 0 atom stereocenters. The highest BCUT2D eigenvalue weighted by molar-refractivity contribution is 14.0. The van der Waals surface area contributed by atoms with Crippen LogP contribution in [0.2, 0.25) is 0 Å². The Hall–Kier alpha value is -0.410. The number of nitrogens with one attached hydrogen (secondary N) is 2. The third-order valence-corrected chi connectivity index (χ3v) is 3.70. The first-order valence-corrected chi connectivity index (χ1v) is 8.14. The largest absolute Gasteiger partial charge is 0.382 e. The number of thiazole rings is 1. The van der Waals surface area contributed by atoms with E-state index in [-0.39, 0.29) is 24.0 Å². The van der Waals surface area contributed by atoms with Crippen LogP contribution in [0.4, 0.5) is 0 Å². The molecule has 0 spiro atoms. The number of aryl methyl sites for hydroxylation is 1. The molecule has 0 aliphatic heterocycles. The molecule has 0 aromatic carbocycles. The molecule has 7 heteroatoms. The number of ether oxygens (including phenoxy) is 1.